The molecular formula is C25H29N5O3S. The monoisotopic (exact) mass is 479 g/mol. The van der Waals surface area contributed by atoms with Crippen LogP contribution >= 0.6 is 11.8 Å². The molecule has 9 heteroatoms. The smallest absolute Gasteiger partial charge is 0.230 e. The highest BCUT2D eigenvalue weighted by Gasteiger charge is 2.21. The number of ether oxygens (including phenoxy) is 2. The highest BCUT2D eigenvalue weighted by Crippen LogP contribution is 2.31. The number of piperazine rings is 1. The molecule has 1 amide bonds. The summed E-state index contributed by atoms with van der Waals surface area (Å²) in [5, 5.41) is 3.72. The molecule has 0 saturated carbocycles. The maximum Gasteiger partial charge on any atom is 0.230 e. The van der Waals surface area contributed by atoms with Crippen molar-refractivity contribution >= 4 is 29.2 Å². The number of para-hydroxylation sites is 2. The van der Waals surface area contributed by atoms with E-state index in [1.807, 2.05) is 24.3 Å². The van der Waals surface area contributed by atoms with Gasteiger partial charge in [0.1, 0.15) is 5.03 Å². The number of nitrogens with zero attached hydrogens (tertiary/aromatic N) is 4. The Balaban J connectivity index is 1.32. The van der Waals surface area contributed by atoms with Crippen molar-refractivity contribution in [3.8, 4) is 11.5 Å². The fourth-order valence-corrected chi connectivity index (χ4v) is 4.74. The Bertz CT molecular complexity index is 1090. The molecular weight excluding hydrogens is 450 g/mol. The van der Waals surface area contributed by atoms with Crippen LogP contribution in [0.3, 0.4) is 0 Å². The molecule has 0 atom stereocenters. The van der Waals surface area contributed by atoms with Crippen molar-refractivity contribution in [1.82, 2.24) is 15.3 Å². The standard InChI is InChI=1S/C25H29N5O3S/c1-32-21-10-6-7-19(23(21)33-2)17-28-22(31)18-34-25-24(26-11-12-27-25)30-15-13-29(14-16-30)20-8-4-3-5-9-20/h3-12H,13-18H2,1-2H3,(H,28,31). The van der Waals surface area contributed by atoms with Gasteiger partial charge in [-0.2, -0.15) is 0 Å². The predicted molar refractivity (Wildman–Crippen MR) is 135 cm³/mol. The van der Waals surface area contributed by atoms with Gasteiger partial charge >= 0.3 is 0 Å². The molecule has 178 valence electrons. The highest BCUT2D eigenvalue weighted by atomic mass is 32.2. The quantitative estimate of drug-likeness (QED) is 0.469. The third-order valence-corrected chi connectivity index (χ3v) is 6.62. The molecule has 3 aromatic rings. The van der Waals surface area contributed by atoms with Crippen molar-refractivity contribution in [2.45, 2.75) is 11.6 Å². The van der Waals surface area contributed by atoms with E-state index in [-0.39, 0.29) is 11.7 Å². The average molecular weight is 480 g/mol. The van der Waals surface area contributed by atoms with Crippen molar-refractivity contribution in [3.63, 3.8) is 0 Å². The van der Waals surface area contributed by atoms with Crippen molar-refractivity contribution < 1.29 is 14.3 Å². The first-order chi connectivity index (χ1) is 16.7. The fourth-order valence-electron chi connectivity index (χ4n) is 3.92. The molecule has 8 nitrogen and oxygen atoms in total. The third kappa shape index (κ3) is 5.72. The van der Waals surface area contributed by atoms with Gasteiger partial charge < -0.3 is 24.6 Å². The van der Waals surface area contributed by atoms with Crippen LogP contribution in [0.2, 0.25) is 0 Å². The summed E-state index contributed by atoms with van der Waals surface area (Å²) >= 11 is 1.40. The van der Waals surface area contributed by atoms with E-state index in [1.165, 1.54) is 17.4 Å². The predicted octanol–water partition coefficient (Wildman–Crippen LogP) is 3.23. The Morgan fingerprint density at radius 2 is 1.68 bits per heavy atom. The van der Waals surface area contributed by atoms with Gasteiger partial charge in [-0.15, -0.1) is 0 Å². The molecule has 1 aliphatic heterocycles. The minimum absolute atomic E-state index is 0.0830. The molecule has 4 rings (SSSR count). The molecule has 0 radical (unpaired) electrons. The lowest BCUT2D eigenvalue weighted by Crippen LogP contribution is -2.47. The molecule has 1 aromatic heterocycles. The molecule has 0 aliphatic carbocycles. The van der Waals surface area contributed by atoms with Crippen LogP contribution in [0.4, 0.5) is 11.5 Å². The van der Waals surface area contributed by atoms with Gasteiger partial charge in [-0.3, -0.25) is 4.79 Å². The number of amides is 1. The molecule has 0 bridgehead atoms. The number of benzene rings is 2. The summed E-state index contributed by atoms with van der Waals surface area (Å²) in [6, 6.07) is 16.0. The Labute approximate surface area is 204 Å². The topological polar surface area (TPSA) is 79.8 Å². The van der Waals surface area contributed by atoms with Crippen LogP contribution in [-0.4, -0.2) is 62.0 Å². The lowest BCUT2D eigenvalue weighted by molar-refractivity contribution is -0.118. The van der Waals surface area contributed by atoms with Gasteiger partial charge in [0.05, 0.1) is 20.0 Å². The third-order valence-electron chi connectivity index (χ3n) is 5.65. The van der Waals surface area contributed by atoms with E-state index in [9.17, 15) is 4.79 Å². The lowest BCUT2D eigenvalue weighted by atomic mass is 10.2. The van der Waals surface area contributed by atoms with E-state index in [0.29, 0.717) is 18.0 Å². The van der Waals surface area contributed by atoms with Gasteiger partial charge in [0.2, 0.25) is 5.91 Å². The minimum Gasteiger partial charge on any atom is -0.493 e. The summed E-state index contributed by atoms with van der Waals surface area (Å²) < 4.78 is 10.8. The van der Waals surface area contributed by atoms with E-state index < -0.39 is 0 Å². The number of aromatic nitrogens is 2. The summed E-state index contributed by atoms with van der Waals surface area (Å²) in [6.45, 7) is 3.88. The zero-order chi connectivity index (χ0) is 23.8. The summed E-state index contributed by atoms with van der Waals surface area (Å²) in [6.07, 6.45) is 3.38. The summed E-state index contributed by atoms with van der Waals surface area (Å²) in [5.74, 6) is 2.27. The normalized spacial score (nSPS) is 13.5. The van der Waals surface area contributed by atoms with Crippen LogP contribution in [0.5, 0.6) is 11.5 Å². The van der Waals surface area contributed by atoms with Gasteiger partial charge in [-0.25, -0.2) is 9.97 Å². The molecule has 2 heterocycles. The average Bonchev–Trinajstić information content (AvgIpc) is 2.91. The number of anilines is 2. The van der Waals surface area contributed by atoms with Crippen LogP contribution in [0.1, 0.15) is 5.56 Å². The van der Waals surface area contributed by atoms with Crippen molar-refractivity contribution in [2.24, 2.45) is 0 Å². The molecule has 34 heavy (non-hydrogen) atoms. The zero-order valence-electron chi connectivity index (χ0n) is 19.4. The SMILES string of the molecule is COc1cccc(CNC(=O)CSc2nccnc2N2CCN(c3ccccc3)CC2)c1OC. The van der Waals surface area contributed by atoms with E-state index >= 15 is 0 Å². The molecule has 1 aliphatic rings. The molecule has 0 unspecified atom stereocenters. The number of hydrogen-bond acceptors (Lipinski definition) is 8. The van der Waals surface area contributed by atoms with Gasteiger partial charge in [0.15, 0.2) is 17.3 Å². The number of nitrogens with one attached hydrogen (secondary N) is 1. The van der Waals surface area contributed by atoms with Crippen LogP contribution in [0.15, 0.2) is 66.0 Å². The molecule has 1 saturated heterocycles. The second-order valence-electron chi connectivity index (χ2n) is 7.71. The van der Waals surface area contributed by atoms with Gasteiger partial charge in [-0.1, -0.05) is 42.1 Å². The first kappa shape index (κ1) is 23.7. The van der Waals surface area contributed by atoms with Crippen molar-refractivity contribution in [2.75, 3.05) is 56.0 Å². The first-order valence-electron chi connectivity index (χ1n) is 11.1. The number of methoxy groups -OCH3 is 2. The van der Waals surface area contributed by atoms with E-state index in [2.05, 4.69) is 49.4 Å². The minimum atomic E-state index is -0.0830. The van der Waals surface area contributed by atoms with Gasteiger partial charge in [0, 0.05) is 56.4 Å². The Morgan fingerprint density at radius 3 is 2.41 bits per heavy atom. The van der Waals surface area contributed by atoms with E-state index in [0.717, 1.165) is 42.6 Å². The second kappa shape index (κ2) is 11.6. The van der Waals surface area contributed by atoms with Crippen LogP contribution < -0.4 is 24.6 Å². The van der Waals surface area contributed by atoms with E-state index in [1.54, 1.807) is 26.6 Å². The maximum atomic E-state index is 12.6. The molecule has 1 fully saturated rings. The Morgan fingerprint density at radius 1 is 0.941 bits per heavy atom. The van der Waals surface area contributed by atoms with Gasteiger partial charge in [-0.05, 0) is 18.2 Å². The Hall–Kier alpha value is -3.46. The number of carbonyl (C=O) groups is 1. The lowest BCUT2D eigenvalue weighted by Gasteiger charge is -2.37. The molecule has 1 N–H and O–H groups in total. The molecule has 2 aromatic carbocycles. The second-order valence-corrected chi connectivity index (χ2v) is 8.68. The van der Waals surface area contributed by atoms with Crippen LogP contribution in [-0.2, 0) is 11.3 Å². The largest absolute Gasteiger partial charge is 0.493 e. The summed E-state index contributed by atoms with van der Waals surface area (Å²) in [7, 11) is 3.19. The van der Waals surface area contributed by atoms with Crippen molar-refractivity contribution in [3.05, 3.63) is 66.5 Å². The maximum absolute atomic E-state index is 12.6. The first-order valence-corrected chi connectivity index (χ1v) is 12.1. The fraction of sp³-hybridized carbons (Fsp3) is 0.320. The number of rotatable bonds is 9. The molecule has 0 spiro atoms. The summed E-state index contributed by atoms with van der Waals surface area (Å²) in [5.41, 5.74) is 2.09. The van der Waals surface area contributed by atoms with Gasteiger partial charge in [0.25, 0.3) is 0 Å². The number of hydrogen-bond donors (Lipinski definition) is 1. The van der Waals surface area contributed by atoms with Crippen molar-refractivity contribution in [1.29, 1.82) is 0 Å². The van der Waals surface area contributed by atoms with Crippen LogP contribution in [0.25, 0.3) is 0 Å². The number of thioether (sulfide) groups is 1. The Kier molecular flexibility index (Phi) is 8.08. The highest BCUT2D eigenvalue weighted by molar-refractivity contribution is 8.00. The summed E-state index contributed by atoms with van der Waals surface area (Å²) in [4.78, 5) is 26.3. The zero-order valence-corrected chi connectivity index (χ0v) is 20.3. The van der Waals surface area contributed by atoms with E-state index in [4.69, 9.17) is 9.47 Å². The van der Waals surface area contributed by atoms with Crippen LogP contribution in [0, 0.1) is 0 Å². The number of carbonyl (C=O) groups excluding carboxylic acids is 1.